The van der Waals surface area contributed by atoms with E-state index in [1.165, 1.54) is 0 Å². The van der Waals surface area contributed by atoms with Crippen molar-refractivity contribution in [3.63, 3.8) is 0 Å². The first-order valence-corrected chi connectivity index (χ1v) is 36.4. The van der Waals surface area contributed by atoms with Crippen LogP contribution in [-0.2, 0) is 73.0 Å². The standard InChI is InChI=1S/C79H99B4N7O17/c1-72(2)73(3,4)101-80(100-72)59-28-20-53(21-29-59)65(93)86-45-49-39-50(46-87-66(94)54-22-30-60(31-23-54)81-102-74(5,6)75(7,8)103-81)42-57(41-49)69(97)84-37-18-17-19-63(71(99)85-38-36-64(91)92)90-70(98)58-43-51(47-88-67(95)55-24-32-61(33-25-55)82-104-76(9,10)77(11,12)105-82)40-52(44-58)48-89-68(96)56-26-34-62(35-27-56)83-106-78(13,14)79(15,16)107-83/h20-35,39-44,63H,17-19,36-38,45-48H2,1-16H3,(H,84,97)(H,85,99)(H,86,93)(H,87,94)(H,88,95)(H,89,96)(H,90,98)(H,91,92)/t63-/m0/s1. The topological polar surface area (TPSA) is 315 Å². The number of unbranched alkanes of at least 4 members (excludes halogenated alkanes) is 1. The van der Waals surface area contributed by atoms with E-state index in [0.29, 0.717) is 50.9 Å². The summed E-state index contributed by atoms with van der Waals surface area (Å²) in [7, 11) is -2.50. The van der Waals surface area contributed by atoms with Gasteiger partial charge < -0.3 is 79.6 Å². The Kier molecular flexibility index (Phi) is 24.1. The predicted octanol–water partition coefficient (Wildman–Crippen LogP) is 6.89. The SMILES string of the molecule is CC1(C)OB(c2ccc(C(=O)NCc3cc(CNC(=O)c4ccc(B5OC(C)(C)C(C)(C)O5)cc4)cc(C(=O)NCCCC[C@H](NC(=O)c4cc(CNC(=O)c5ccc(B6OC(C)(C)C(C)(C)O6)cc5)cc(CNC(=O)c5ccc(B6OC(C)(C)C(C)(C)O6)cc5)c4)C(=O)NCCC(=O)O)c3)cc2)OC1(C)C. The Labute approximate surface area is 628 Å². The molecule has 564 valence electrons. The molecular weight excluding hydrogens is 1360 g/mol. The second-order valence-electron chi connectivity index (χ2n) is 31.9. The minimum atomic E-state index is -1.19. The van der Waals surface area contributed by atoms with Gasteiger partial charge in [-0.2, -0.15) is 0 Å². The summed E-state index contributed by atoms with van der Waals surface area (Å²) in [4.78, 5) is 109. The number of carbonyl (C=O) groups excluding carboxylic acids is 7. The minimum Gasteiger partial charge on any atom is -0.481 e. The van der Waals surface area contributed by atoms with E-state index in [4.69, 9.17) is 37.2 Å². The largest absolute Gasteiger partial charge is 0.494 e. The van der Waals surface area contributed by atoms with E-state index < -0.39 is 115 Å². The van der Waals surface area contributed by atoms with Crippen molar-refractivity contribution in [2.24, 2.45) is 0 Å². The maximum Gasteiger partial charge on any atom is 0.494 e. The molecule has 4 aliphatic heterocycles. The monoisotopic (exact) mass is 1460 g/mol. The summed E-state index contributed by atoms with van der Waals surface area (Å²) in [5, 5.41) is 29.7. The molecule has 4 fully saturated rings. The molecule has 6 aromatic rings. The molecular formula is C79H99B4N7O17. The van der Waals surface area contributed by atoms with E-state index in [0.717, 1.165) is 21.9 Å². The quantitative estimate of drug-likeness (QED) is 0.0183. The summed E-state index contributed by atoms with van der Waals surface area (Å²) in [6.07, 6.45) is 0.283. The molecule has 0 bridgehead atoms. The summed E-state index contributed by atoms with van der Waals surface area (Å²) >= 11 is 0. The van der Waals surface area contributed by atoms with E-state index >= 15 is 0 Å². The Morgan fingerprint density at radius 1 is 0.318 bits per heavy atom. The Bertz CT molecular complexity index is 4010. The van der Waals surface area contributed by atoms with Gasteiger partial charge in [-0.25, -0.2) is 0 Å². The Balaban J connectivity index is 0.812. The highest BCUT2D eigenvalue weighted by Crippen LogP contribution is 2.40. The molecule has 0 radical (unpaired) electrons. The van der Waals surface area contributed by atoms with Crippen LogP contribution in [0, 0.1) is 0 Å². The number of amides is 7. The maximum absolute atomic E-state index is 14.6. The molecule has 7 amide bonds. The third kappa shape index (κ3) is 19.3. The van der Waals surface area contributed by atoms with Crippen molar-refractivity contribution in [2.45, 2.75) is 213 Å². The number of hydrogen-bond acceptors (Lipinski definition) is 16. The minimum absolute atomic E-state index is 0.0159. The van der Waals surface area contributed by atoms with Gasteiger partial charge in [-0.3, -0.25) is 38.4 Å². The van der Waals surface area contributed by atoms with Crippen LogP contribution in [0.4, 0.5) is 0 Å². The molecule has 28 heteroatoms. The summed E-state index contributed by atoms with van der Waals surface area (Å²) < 4.78 is 49.7. The van der Waals surface area contributed by atoms with E-state index in [1.54, 1.807) is 133 Å². The predicted molar refractivity (Wildman–Crippen MR) is 409 cm³/mol. The van der Waals surface area contributed by atoms with Crippen molar-refractivity contribution in [3.8, 4) is 0 Å². The average Bonchev–Trinajstić information content (AvgIpc) is 1.65. The van der Waals surface area contributed by atoms with Crippen LogP contribution >= 0.6 is 0 Å². The highest BCUT2D eigenvalue weighted by Gasteiger charge is 2.55. The molecule has 4 saturated heterocycles. The van der Waals surface area contributed by atoms with Crippen molar-refractivity contribution in [1.82, 2.24) is 37.2 Å². The number of carbonyl (C=O) groups is 8. The van der Waals surface area contributed by atoms with Crippen molar-refractivity contribution in [3.05, 3.63) is 189 Å². The van der Waals surface area contributed by atoms with Gasteiger partial charge in [0, 0.05) is 72.6 Å². The molecule has 1 atom stereocenters. The molecule has 0 aromatic heterocycles. The van der Waals surface area contributed by atoms with E-state index in [2.05, 4.69) is 37.2 Å². The van der Waals surface area contributed by atoms with Crippen LogP contribution in [0.25, 0.3) is 0 Å². The van der Waals surface area contributed by atoms with Crippen molar-refractivity contribution in [2.75, 3.05) is 13.1 Å². The number of carboxylic acids is 1. The Morgan fingerprint density at radius 2 is 0.570 bits per heavy atom. The first kappa shape index (κ1) is 80.6. The normalized spacial score (nSPS) is 18.4. The molecule has 4 aliphatic rings. The van der Waals surface area contributed by atoms with Gasteiger partial charge in [0.25, 0.3) is 35.4 Å². The summed E-state index contributed by atoms with van der Waals surface area (Å²) in [6.45, 7) is 31.2. The van der Waals surface area contributed by atoms with Crippen LogP contribution in [0.1, 0.15) is 221 Å². The molecule has 8 N–H and O–H groups in total. The van der Waals surface area contributed by atoms with Gasteiger partial charge in [-0.05, 0) is 247 Å². The number of nitrogens with one attached hydrogen (secondary N) is 7. The Morgan fingerprint density at radius 3 is 0.832 bits per heavy atom. The van der Waals surface area contributed by atoms with Crippen LogP contribution in [0.15, 0.2) is 133 Å². The summed E-state index contributed by atoms with van der Waals surface area (Å²) in [6, 6.07) is 36.4. The third-order valence-corrected chi connectivity index (χ3v) is 21.7. The molecule has 107 heavy (non-hydrogen) atoms. The number of rotatable bonds is 28. The van der Waals surface area contributed by atoms with Gasteiger partial charge in [-0.1, -0.05) is 60.7 Å². The second-order valence-corrected chi connectivity index (χ2v) is 31.9. The third-order valence-electron chi connectivity index (χ3n) is 21.7. The molecule has 0 aliphatic carbocycles. The fraction of sp³-hybridized carbons (Fsp3) is 0.443. The molecule has 24 nitrogen and oxygen atoms in total. The first-order valence-electron chi connectivity index (χ1n) is 36.4. The highest BCUT2D eigenvalue weighted by molar-refractivity contribution is 6.63. The number of benzene rings is 6. The molecule has 10 rings (SSSR count). The lowest BCUT2D eigenvalue weighted by molar-refractivity contribution is -0.137. The highest BCUT2D eigenvalue weighted by atomic mass is 16.7. The summed E-state index contributed by atoms with van der Waals surface area (Å²) in [5.41, 5.74) is 2.43. The molecule has 0 saturated carbocycles. The molecule has 0 unspecified atom stereocenters. The van der Waals surface area contributed by atoms with Crippen LogP contribution < -0.4 is 59.1 Å². The molecule has 6 aromatic carbocycles. The first-order chi connectivity index (χ1) is 50.1. The number of aliphatic carboxylic acids is 1. The number of hydrogen-bond donors (Lipinski definition) is 8. The lowest BCUT2D eigenvalue weighted by Gasteiger charge is -2.32. The van der Waals surface area contributed by atoms with Gasteiger partial charge in [-0.15, -0.1) is 0 Å². The Hall–Kier alpha value is -8.98. The van der Waals surface area contributed by atoms with E-state index in [9.17, 15) is 43.5 Å². The van der Waals surface area contributed by atoms with Crippen LogP contribution in [0.5, 0.6) is 0 Å². The average molecular weight is 1460 g/mol. The second kappa shape index (κ2) is 32.1. The maximum atomic E-state index is 14.6. The van der Waals surface area contributed by atoms with Gasteiger partial charge in [0.2, 0.25) is 5.91 Å². The van der Waals surface area contributed by atoms with E-state index in [-0.39, 0.29) is 81.5 Å². The van der Waals surface area contributed by atoms with E-state index in [1.807, 2.05) is 111 Å². The zero-order valence-electron chi connectivity index (χ0n) is 64.1. The van der Waals surface area contributed by atoms with Gasteiger partial charge in [0.05, 0.1) is 51.2 Å². The molecule has 4 heterocycles. The van der Waals surface area contributed by atoms with Gasteiger partial charge in [0.15, 0.2) is 0 Å². The lowest BCUT2D eigenvalue weighted by atomic mass is 9.79. The van der Waals surface area contributed by atoms with Crippen LogP contribution in [0.3, 0.4) is 0 Å². The zero-order chi connectivity index (χ0) is 77.8. The van der Waals surface area contributed by atoms with Gasteiger partial charge in [0.1, 0.15) is 6.04 Å². The smallest absolute Gasteiger partial charge is 0.481 e. The van der Waals surface area contributed by atoms with Crippen molar-refractivity contribution in [1.29, 1.82) is 0 Å². The number of carboxylic acid groups (broad SMARTS) is 1. The zero-order valence-corrected chi connectivity index (χ0v) is 64.1. The fourth-order valence-electron chi connectivity index (χ4n) is 12.1. The van der Waals surface area contributed by atoms with Gasteiger partial charge >= 0.3 is 34.4 Å². The van der Waals surface area contributed by atoms with Crippen LogP contribution in [0.2, 0.25) is 0 Å². The molecule has 0 spiro atoms. The van der Waals surface area contributed by atoms with Crippen molar-refractivity contribution >= 4 is 97.6 Å². The summed E-state index contributed by atoms with van der Waals surface area (Å²) in [5.74, 6) is -4.50. The van der Waals surface area contributed by atoms with Crippen molar-refractivity contribution < 1.29 is 80.7 Å². The fourth-order valence-corrected chi connectivity index (χ4v) is 12.1. The van der Waals surface area contributed by atoms with Crippen LogP contribution in [-0.4, -0.2) is 145 Å². The lowest BCUT2D eigenvalue weighted by Crippen LogP contribution is -2.47.